The molecule has 1 rings (SSSR count). The van der Waals surface area contributed by atoms with Crippen molar-refractivity contribution in [1.29, 1.82) is 0 Å². The largest absolute Gasteiger partial charge is 0.261 e. The summed E-state index contributed by atoms with van der Waals surface area (Å²) in [7, 11) is 0. The maximum absolute atomic E-state index is 4.27. The average molecular weight is 176 g/mol. The minimum Gasteiger partial charge on any atom is -0.261 e. The first-order chi connectivity index (χ1) is 6.19. The first-order valence-electron chi connectivity index (χ1n) is 5.06. The molecule has 1 atom stereocenters. The fraction of sp³-hybridized carbons (Fsp3) is 0.583. The Bertz CT molecular complexity index is 278. The van der Waals surface area contributed by atoms with Gasteiger partial charge in [-0.25, -0.2) is 0 Å². The Kier molecular flexibility index (Phi) is 3.47. The van der Waals surface area contributed by atoms with Gasteiger partial charge in [0.05, 0.1) is 0 Å². The summed E-state index contributed by atoms with van der Waals surface area (Å²) in [5, 5.41) is 0. The average Bonchev–Trinajstić information content (AvgIpc) is 2.16. The van der Waals surface area contributed by atoms with E-state index in [1.165, 1.54) is 17.5 Å². The van der Waals surface area contributed by atoms with Crippen LogP contribution in [0.1, 0.15) is 49.9 Å². The van der Waals surface area contributed by atoms with Gasteiger partial charge in [-0.15, -0.1) is 0 Å². The highest BCUT2D eigenvalue weighted by Crippen LogP contribution is 2.22. The molecule has 1 radical (unpaired) electrons. The summed E-state index contributed by atoms with van der Waals surface area (Å²) in [5.74, 6) is 0.608. The van der Waals surface area contributed by atoms with Gasteiger partial charge >= 0.3 is 0 Å². The molecule has 0 aromatic carbocycles. The van der Waals surface area contributed by atoms with Crippen LogP contribution in [-0.2, 0) is 6.42 Å². The molecule has 1 unspecified atom stereocenters. The third kappa shape index (κ3) is 2.30. The number of hydrogen-bond donors (Lipinski definition) is 0. The third-order valence-electron chi connectivity index (χ3n) is 2.56. The zero-order valence-electron chi connectivity index (χ0n) is 9.02. The molecule has 0 aliphatic carbocycles. The lowest BCUT2D eigenvalue weighted by atomic mass is 9.93. The van der Waals surface area contributed by atoms with E-state index < -0.39 is 0 Å². The van der Waals surface area contributed by atoms with Crippen LogP contribution < -0.4 is 0 Å². The summed E-state index contributed by atoms with van der Waals surface area (Å²) in [6.45, 7) is 8.65. The van der Waals surface area contributed by atoms with Crippen molar-refractivity contribution >= 4 is 0 Å². The SMILES string of the molecule is CCc1cnc(C)[c]c1C(C)CC. The third-order valence-corrected chi connectivity index (χ3v) is 2.56. The predicted octanol–water partition coefficient (Wildman–Crippen LogP) is 3.27. The van der Waals surface area contributed by atoms with E-state index in [0.717, 1.165) is 12.1 Å². The Hall–Kier alpha value is -0.850. The molecule has 1 heteroatoms. The van der Waals surface area contributed by atoms with Crippen LogP contribution >= 0.6 is 0 Å². The fourth-order valence-corrected chi connectivity index (χ4v) is 1.48. The summed E-state index contributed by atoms with van der Waals surface area (Å²) in [6, 6.07) is 3.37. The maximum atomic E-state index is 4.27. The summed E-state index contributed by atoms with van der Waals surface area (Å²) < 4.78 is 0. The smallest absolute Gasteiger partial charge is 0.0454 e. The molecular weight excluding hydrogens is 158 g/mol. The predicted molar refractivity (Wildman–Crippen MR) is 55.9 cm³/mol. The van der Waals surface area contributed by atoms with Crippen LogP contribution in [0.25, 0.3) is 0 Å². The molecule has 1 aromatic heterocycles. The van der Waals surface area contributed by atoms with E-state index in [0.29, 0.717) is 5.92 Å². The Morgan fingerprint density at radius 3 is 2.69 bits per heavy atom. The summed E-state index contributed by atoms with van der Waals surface area (Å²) >= 11 is 0. The van der Waals surface area contributed by atoms with Gasteiger partial charge in [-0.2, -0.15) is 0 Å². The van der Waals surface area contributed by atoms with Gasteiger partial charge < -0.3 is 0 Å². The molecule has 0 saturated carbocycles. The van der Waals surface area contributed by atoms with E-state index in [9.17, 15) is 0 Å². The van der Waals surface area contributed by atoms with Gasteiger partial charge in [-0.05, 0) is 36.8 Å². The number of nitrogens with zero attached hydrogens (tertiary/aromatic N) is 1. The highest BCUT2D eigenvalue weighted by Gasteiger charge is 2.08. The minimum atomic E-state index is 0.608. The molecular formula is C12H18N. The van der Waals surface area contributed by atoms with Gasteiger partial charge in [-0.3, -0.25) is 4.98 Å². The second-order valence-electron chi connectivity index (χ2n) is 3.57. The van der Waals surface area contributed by atoms with E-state index in [-0.39, 0.29) is 0 Å². The van der Waals surface area contributed by atoms with Crippen LogP contribution in [0.3, 0.4) is 0 Å². The molecule has 0 aliphatic heterocycles. The topological polar surface area (TPSA) is 12.9 Å². The van der Waals surface area contributed by atoms with Crippen molar-refractivity contribution in [3.63, 3.8) is 0 Å². The summed E-state index contributed by atoms with van der Waals surface area (Å²) in [4.78, 5) is 4.27. The van der Waals surface area contributed by atoms with Crippen LogP contribution in [0.4, 0.5) is 0 Å². The van der Waals surface area contributed by atoms with Crippen molar-refractivity contribution in [3.8, 4) is 0 Å². The lowest BCUT2D eigenvalue weighted by molar-refractivity contribution is 0.718. The molecule has 1 aromatic rings. The van der Waals surface area contributed by atoms with Crippen LogP contribution in [-0.4, -0.2) is 4.98 Å². The van der Waals surface area contributed by atoms with E-state index >= 15 is 0 Å². The molecule has 1 heterocycles. The Balaban J connectivity index is 3.07. The van der Waals surface area contributed by atoms with Crippen LogP contribution in [0.5, 0.6) is 0 Å². The molecule has 0 fully saturated rings. The molecule has 0 N–H and O–H groups in total. The fourth-order valence-electron chi connectivity index (χ4n) is 1.48. The molecule has 0 aliphatic rings. The number of hydrogen-bond acceptors (Lipinski definition) is 1. The number of aryl methyl sites for hydroxylation is 2. The molecule has 0 amide bonds. The lowest BCUT2D eigenvalue weighted by Crippen LogP contribution is -2.00. The van der Waals surface area contributed by atoms with Crippen LogP contribution in [0, 0.1) is 13.0 Å². The van der Waals surface area contributed by atoms with Crippen LogP contribution in [0.15, 0.2) is 6.20 Å². The zero-order valence-corrected chi connectivity index (χ0v) is 9.02. The molecule has 0 bridgehead atoms. The van der Waals surface area contributed by atoms with Gasteiger partial charge in [-0.1, -0.05) is 20.8 Å². The van der Waals surface area contributed by atoms with Crippen LogP contribution in [0.2, 0.25) is 0 Å². The summed E-state index contributed by atoms with van der Waals surface area (Å²) in [6.07, 6.45) is 4.23. The number of rotatable bonds is 3. The van der Waals surface area contributed by atoms with Gasteiger partial charge in [0.25, 0.3) is 0 Å². The van der Waals surface area contributed by atoms with Crippen molar-refractivity contribution < 1.29 is 0 Å². The molecule has 1 nitrogen and oxygen atoms in total. The highest BCUT2D eigenvalue weighted by molar-refractivity contribution is 5.28. The van der Waals surface area contributed by atoms with Crippen molar-refractivity contribution in [2.75, 3.05) is 0 Å². The van der Waals surface area contributed by atoms with Gasteiger partial charge in [0.2, 0.25) is 0 Å². The Morgan fingerprint density at radius 2 is 2.15 bits per heavy atom. The Labute approximate surface area is 81.2 Å². The van der Waals surface area contributed by atoms with Crippen molar-refractivity contribution in [2.45, 2.75) is 46.5 Å². The van der Waals surface area contributed by atoms with E-state index in [1.54, 1.807) is 0 Å². The second-order valence-corrected chi connectivity index (χ2v) is 3.57. The van der Waals surface area contributed by atoms with E-state index in [2.05, 4.69) is 31.8 Å². The molecule has 0 spiro atoms. The van der Waals surface area contributed by atoms with E-state index in [4.69, 9.17) is 0 Å². The standard InChI is InChI=1S/C12H18N/c1-5-9(3)12-7-10(4)13-8-11(12)6-2/h8-9H,5-6H2,1-4H3. The lowest BCUT2D eigenvalue weighted by Gasteiger charge is -2.13. The maximum Gasteiger partial charge on any atom is 0.0454 e. The molecule has 71 valence electrons. The van der Waals surface area contributed by atoms with Gasteiger partial charge in [0.15, 0.2) is 0 Å². The van der Waals surface area contributed by atoms with Gasteiger partial charge in [0.1, 0.15) is 0 Å². The first kappa shape index (κ1) is 10.2. The number of pyridine rings is 1. The van der Waals surface area contributed by atoms with Crippen molar-refractivity contribution in [1.82, 2.24) is 4.98 Å². The van der Waals surface area contributed by atoms with E-state index in [1.807, 2.05) is 13.1 Å². The van der Waals surface area contributed by atoms with Gasteiger partial charge in [0, 0.05) is 18.0 Å². The second kappa shape index (κ2) is 4.40. The molecule has 13 heavy (non-hydrogen) atoms. The quantitative estimate of drug-likeness (QED) is 0.688. The van der Waals surface area contributed by atoms with Crippen molar-refractivity contribution in [2.24, 2.45) is 0 Å². The van der Waals surface area contributed by atoms with Crippen molar-refractivity contribution in [3.05, 3.63) is 29.1 Å². The zero-order chi connectivity index (χ0) is 9.84. The highest BCUT2D eigenvalue weighted by atomic mass is 14.7. The summed E-state index contributed by atoms with van der Waals surface area (Å²) in [5.41, 5.74) is 3.71. The number of aromatic nitrogens is 1. The minimum absolute atomic E-state index is 0.608. The Morgan fingerprint density at radius 1 is 1.46 bits per heavy atom. The molecule has 0 saturated heterocycles. The monoisotopic (exact) mass is 176 g/mol. The first-order valence-corrected chi connectivity index (χ1v) is 5.06. The normalized spacial score (nSPS) is 12.9.